The molecule has 0 aromatic heterocycles. The highest BCUT2D eigenvalue weighted by atomic mass is 35.5. The summed E-state index contributed by atoms with van der Waals surface area (Å²) in [6.45, 7) is 1.74. The number of halogens is 1. The lowest BCUT2D eigenvalue weighted by Gasteiger charge is -2.27. The maximum Gasteiger partial charge on any atom is 0.341 e. The molecule has 1 aliphatic rings. The summed E-state index contributed by atoms with van der Waals surface area (Å²) in [5.41, 5.74) is 1.91. The first kappa shape index (κ1) is 18.2. The number of benzene rings is 2. The second kappa shape index (κ2) is 8.21. The van der Waals surface area contributed by atoms with Crippen LogP contribution in [0, 0.1) is 0 Å². The van der Waals surface area contributed by atoms with Crippen molar-refractivity contribution in [2.75, 3.05) is 32.9 Å². The Bertz CT molecular complexity index is 817. The number of carbonyl (C=O) groups is 2. The van der Waals surface area contributed by atoms with Crippen LogP contribution in [0.25, 0.3) is 11.1 Å². The van der Waals surface area contributed by atoms with Gasteiger partial charge in [0.2, 0.25) is 0 Å². The van der Waals surface area contributed by atoms with Gasteiger partial charge in [0, 0.05) is 29.2 Å². The molecule has 6 nitrogen and oxygen atoms in total. The van der Waals surface area contributed by atoms with E-state index < -0.39 is 12.6 Å². The summed E-state index contributed by atoms with van der Waals surface area (Å²) >= 11 is 6.09. The molecule has 1 aliphatic heterocycles. The second-order valence-electron chi connectivity index (χ2n) is 5.81. The molecule has 0 saturated carbocycles. The highest BCUT2D eigenvalue weighted by Crippen LogP contribution is 2.33. The minimum absolute atomic E-state index is 0.0646. The number of amides is 1. The highest BCUT2D eigenvalue weighted by Gasteiger charge is 2.19. The van der Waals surface area contributed by atoms with Gasteiger partial charge in [-0.05, 0) is 35.9 Å². The van der Waals surface area contributed by atoms with Crippen LogP contribution in [-0.2, 0) is 9.53 Å². The fourth-order valence-electron chi connectivity index (χ4n) is 2.76. The molecule has 0 radical (unpaired) electrons. The van der Waals surface area contributed by atoms with Crippen LogP contribution in [0.4, 0.5) is 0 Å². The number of carbonyl (C=O) groups excluding carboxylic acids is 1. The van der Waals surface area contributed by atoms with Crippen molar-refractivity contribution in [3.05, 3.63) is 53.1 Å². The number of ether oxygens (including phenoxy) is 2. The molecule has 0 bridgehead atoms. The van der Waals surface area contributed by atoms with Gasteiger partial charge in [0.05, 0.1) is 13.2 Å². The van der Waals surface area contributed by atoms with Gasteiger partial charge in [0.25, 0.3) is 5.91 Å². The average Bonchev–Trinajstić information content (AvgIpc) is 2.67. The van der Waals surface area contributed by atoms with Crippen molar-refractivity contribution in [1.82, 2.24) is 4.90 Å². The SMILES string of the molecule is O=C(O)COc1ccc(Cl)cc1-c1cccc(C(=O)N2CCOCC2)c1. The molecule has 7 heteroatoms. The third kappa shape index (κ3) is 4.33. The van der Waals surface area contributed by atoms with E-state index in [1.54, 1.807) is 41.3 Å². The quantitative estimate of drug-likeness (QED) is 0.869. The normalized spacial score (nSPS) is 14.1. The van der Waals surface area contributed by atoms with Gasteiger partial charge in [0.1, 0.15) is 5.75 Å². The summed E-state index contributed by atoms with van der Waals surface area (Å²) in [7, 11) is 0. The van der Waals surface area contributed by atoms with Gasteiger partial charge in [0.15, 0.2) is 6.61 Å². The summed E-state index contributed by atoms with van der Waals surface area (Å²) < 4.78 is 10.6. The van der Waals surface area contributed by atoms with E-state index in [0.29, 0.717) is 48.2 Å². The molecule has 26 heavy (non-hydrogen) atoms. The predicted octanol–water partition coefficient (Wildman–Crippen LogP) is 2.94. The third-order valence-corrected chi connectivity index (χ3v) is 4.25. The van der Waals surface area contributed by atoms with Gasteiger partial charge in [-0.1, -0.05) is 23.7 Å². The second-order valence-corrected chi connectivity index (χ2v) is 6.24. The van der Waals surface area contributed by atoms with Crippen molar-refractivity contribution >= 4 is 23.5 Å². The smallest absolute Gasteiger partial charge is 0.341 e. The molecule has 2 aromatic rings. The van der Waals surface area contributed by atoms with E-state index in [9.17, 15) is 9.59 Å². The number of aliphatic carboxylic acids is 1. The monoisotopic (exact) mass is 375 g/mol. The minimum Gasteiger partial charge on any atom is -0.481 e. The Kier molecular flexibility index (Phi) is 5.75. The molecule has 1 amide bonds. The topological polar surface area (TPSA) is 76.1 Å². The van der Waals surface area contributed by atoms with Crippen molar-refractivity contribution in [1.29, 1.82) is 0 Å². The summed E-state index contributed by atoms with van der Waals surface area (Å²) in [6.07, 6.45) is 0. The summed E-state index contributed by atoms with van der Waals surface area (Å²) in [4.78, 5) is 25.2. The lowest BCUT2D eigenvalue weighted by molar-refractivity contribution is -0.139. The highest BCUT2D eigenvalue weighted by molar-refractivity contribution is 6.31. The Balaban J connectivity index is 1.91. The zero-order valence-corrected chi connectivity index (χ0v) is 14.7. The van der Waals surface area contributed by atoms with Crippen molar-refractivity contribution < 1.29 is 24.2 Å². The van der Waals surface area contributed by atoms with Crippen LogP contribution >= 0.6 is 11.6 Å². The van der Waals surface area contributed by atoms with Gasteiger partial charge >= 0.3 is 5.97 Å². The number of carboxylic acid groups (broad SMARTS) is 1. The van der Waals surface area contributed by atoms with E-state index in [4.69, 9.17) is 26.2 Å². The molecule has 1 heterocycles. The summed E-state index contributed by atoms with van der Waals surface area (Å²) in [5.74, 6) is -0.736. The lowest BCUT2D eigenvalue weighted by Crippen LogP contribution is -2.40. The van der Waals surface area contributed by atoms with Crippen molar-refractivity contribution in [3.63, 3.8) is 0 Å². The van der Waals surface area contributed by atoms with Crippen LogP contribution in [0.15, 0.2) is 42.5 Å². The fourth-order valence-corrected chi connectivity index (χ4v) is 2.93. The number of morpholine rings is 1. The van der Waals surface area contributed by atoms with E-state index in [0.717, 1.165) is 5.56 Å². The molecule has 0 spiro atoms. The number of carboxylic acids is 1. The zero-order valence-electron chi connectivity index (χ0n) is 14.0. The largest absolute Gasteiger partial charge is 0.481 e. The molecule has 1 N–H and O–H groups in total. The van der Waals surface area contributed by atoms with Crippen molar-refractivity contribution in [2.45, 2.75) is 0 Å². The van der Waals surface area contributed by atoms with Crippen LogP contribution in [0.5, 0.6) is 5.75 Å². The molecule has 0 aliphatic carbocycles. The molecule has 136 valence electrons. The maximum absolute atomic E-state index is 12.7. The lowest BCUT2D eigenvalue weighted by atomic mass is 10.0. The first-order valence-electron chi connectivity index (χ1n) is 8.16. The Morgan fingerprint density at radius 3 is 2.65 bits per heavy atom. The van der Waals surface area contributed by atoms with Crippen LogP contribution in [-0.4, -0.2) is 54.8 Å². The molecule has 0 unspecified atom stereocenters. The fraction of sp³-hybridized carbons (Fsp3) is 0.263. The van der Waals surface area contributed by atoms with E-state index in [1.807, 2.05) is 6.07 Å². The van der Waals surface area contributed by atoms with Gasteiger partial charge in [-0.15, -0.1) is 0 Å². The van der Waals surface area contributed by atoms with Gasteiger partial charge in [-0.3, -0.25) is 4.79 Å². The van der Waals surface area contributed by atoms with Crippen LogP contribution in [0.2, 0.25) is 5.02 Å². The third-order valence-electron chi connectivity index (χ3n) is 4.01. The molecular weight excluding hydrogens is 358 g/mol. The number of hydrogen-bond acceptors (Lipinski definition) is 4. The van der Waals surface area contributed by atoms with E-state index in [1.165, 1.54) is 0 Å². The average molecular weight is 376 g/mol. The van der Waals surface area contributed by atoms with E-state index in [-0.39, 0.29) is 5.91 Å². The summed E-state index contributed by atoms with van der Waals surface area (Å²) in [6, 6.07) is 12.1. The number of hydrogen-bond donors (Lipinski definition) is 1. The molecule has 1 fully saturated rings. The van der Waals surface area contributed by atoms with Crippen molar-refractivity contribution in [3.8, 4) is 16.9 Å². The Labute approximate surface area is 155 Å². The molecule has 1 saturated heterocycles. The van der Waals surface area contributed by atoms with Crippen molar-refractivity contribution in [2.24, 2.45) is 0 Å². The van der Waals surface area contributed by atoms with Crippen LogP contribution < -0.4 is 4.74 Å². The van der Waals surface area contributed by atoms with Gasteiger partial charge in [-0.2, -0.15) is 0 Å². The first-order valence-corrected chi connectivity index (χ1v) is 8.54. The summed E-state index contributed by atoms with van der Waals surface area (Å²) in [5, 5.41) is 9.33. The Hall–Kier alpha value is -2.57. The Morgan fingerprint density at radius 2 is 1.92 bits per heavy atom. The first-order chi connectivity index (χ1) is 12.5. The predicted molar refractivity (Wildman–Crippen MR) is 96.7 cm³/mol. The van der Waals surface area contributed by atoms with Gasteiger partial charge in [-0.25, -0.2) is 4.79 Å². The Morgan fingerprint density at radius 1 is 1.15 bits per heavy atom. The minimum atomic E-state index is -1.07. The number of nitrogens with zero attached hydrogens (tertiary/aromatic N) is 1. The van der Waals surface area contributed by atoms with E-state index in [2.05, 4.69) is 0 Å². The maximum atomic E-state index is 12.7. The van der Waals surface area contributed by atoms with E-state index >= 15 is 0 Å². The van der Waals surface area contributed by atoms with Crippen LogP contribution in [0.1, 0.15) is 10.4 Å². The molecule has 3 rings (SSSR count). The molecule has 2 aromatic carbocycles. The zero-order chi connectivity index (χ0) is 18.5. The molecule has 0 atom stereocenters. The van der Waals surface area contributed by atoms with Crippen LogP contribution in [0.3, 0.4) is 0 Å². The number of rotatable bonds is 5. The standard InChI is InChI=1S/C19H18ClNO5/c20-15-4-5-17(26-12-18(22)23)16(11-15)13-2-1-3-14(10-13)19(24)21-6-8-25-9-7-21/h1-5,10-11H,6-9,12H2,(H,22,23). The molecular formula is C19H18ClNO5. The van der Waals surface area contributed by atoms with Gasteiger partial charge < -0.3 is 19.5 Å².